The zero-order chi connectivity index (χ0) is 41.5. The standard InChI is InChI=1S/C43H49N9O6/c1-25(2)36(49-42(55)57-5)40(53)51-19-7-9-34(51)38-45-23-32(47-38)29-15-12-27(13-16-29)11-14-28-17-18-30(21-31(28)22-44)33-24-46-39(48-33)35-10-8-20-52(35)41(54)37(26(3)4)50-43(56)58-6/h12-13,15-18,21,23-26,34-37H,7-10,19-20H2,1-6H3,(H,45,47)(H,46,48)(H,49,55)(H,50,56)/t34-,35-,36-,37-/m0/s1. The number of amides is 4. The molecule has 302 valence electrons. The van der Waals surface area contributed by atoms with Crippen LogP contribution < -0.4 is 10.6 Å². The Morgan fingerprint density at radius 2 is 1.21 bits per heavy atom. The lowest BCUT2D eigenvalue weighted by atomic mass is 10.0. The number of aromatic nitrogens is 4. The van der Waals surface area contributed by atoms with Crippen LogP contribution in [0.5, 0.6) is 0 Å². The molecule has 0 saturated carbocycles. The van der Waals surface area contributed by atoms with Gasteiger partial charge in [-0.05, 0) is 67.3 Å². The summed E-state index contributed by atoms with van der Waals surface area (Å²) >= 11 is 0. The van der Waals surface area contributed by atoms with E-state index in [2.05, 4.69) is 48.5 Å². The molecular weight excluding hydrogens is 739 g/mol. The van der Waals surface area contributed by atoms with Crippen LogP contribution >= 0.6 is 0 Å². The van der Waals surface area contributed by atoms with Crippen LogP contribution in [0.4, 0.5) is 9.59 Å². The van der Waals surface area contributed by atoms with Gasteiger partial charge in [0.05, 0.1) is 55.6 Å². The van der Waals surface area contributed by atoms with Crippen molar-refractivity contribution < 1.29 is 28.7 Å². The van der Waals surface area contributed by atoms with Crippen molar-refractivity contribution in [2.45, 2.75) is 77.5 Å². The third kappa shape index (κ3) is 8.99. The van der Waals surface area contributed by atoms with Crippen molar-refractivity contribution >= 4 is 24.0 Å². The summed E-state index contributed by atoms with van der Waals surface area (Å²) in [5.41, 5.74) is 4.92. The molecular formula is C43H49N9O6. The molecule has 2 aromatic carbocycles. The number of nitrogens with one attached hydrogen (secondary N) is 4. The molecule has 0 bridgehead atoms. The summed E-state index contributed by atoms with van der Waals surface area (Å²) in [6.07, 6.45) is 5.26. The van der Waals surface area contributed by atoms with E-state index in [0.29, 0.717) is 41.6 Å². The smallest absolute Gasteiger partial charge is 0.407 e. The first-order valence-corrected chi connectivity index (χ1v) is 19.5. The summed E-state index contributed by atoms with van der Waals surface area (Å²) in [5, 5.41) is 15.4. The van der Waals surface area contributed by atoms with Gasteiger partial charge in [0.25, 0.3) is 0 Å². The fourth-order valence-electron chi connectivity index (χ4n) is 7.48. The SMILES string of the molecule is COC(=O)N[C@H](C(=O)N1CCC[C@H]1c1ncc(-c2ccc(C#Cc3ccc(-c4cnc([C@@H]5CCCN5C(=O)[C@@H](NC(=O)OC)C(C)C)[nH]4)cc3C#N)cc2)[nH]1)C(C)C. The molecule has 15 heteroatoms. The third-order valence-corrected chi connectivity index (χ3v) is 10.7. The molecule has 4 atom stereocenters. The number of hydrogen-bond acceptors (Lipinski definition) is 9. The molecule has 0 radical (unpaired) electrons. The van der Waals surface area contributed by atoms with Crippen LogP contribution in [0.25, 0.3) is 22.5 Å². The molecule has 2 aliphatic rings. The zero-order valence-corrected chi connectivity index (χ0v) is 33.6. The molecule has 2 fully saturated rings. The van der Waals surface area contributed by atoms with E-state index in [0.717, 1.165) is 48.1 Å². The van der Waals surface area contributed by atoms with Crippen molar-refractivity contribution in [3.05, 3.63) is 83.2 Å². The zero-order valence-electron chi connectivity index (χ0n) is 33.6. The highest BCUT2D eigenvalue weighted by molar-refractivity contribution is 5.87. The number of benzene rings is 2. The van der Waals surface area contributed by atoms with Crippen LogP contribution in [0, 0.1) is 35.0 Å². The molecule has 15 nitrogen and oxygen atoms in total. The van der Waals surface area contributed by atoms with Crippen LogP contribution in [0.3, 0.4) is 0 Å². The summed E-state index contributed by atoms with van der Waals surface area (Å²) < 4.78 is 9.48. The molecule has 0 spiro atoms. The molecule has 0 aliphatic carbocycles. The number of hydrogen-bond donors (Lipinski definition) is 4. The van der Waals surface area contributed by atoms with E-state index in [-0.39, 0.29) is 35.7 Å². The maximum atomic E-state index is 13.5. The van der Waals surface area contributed by atoms with Crippen LogP contribution in [0.15, 0.2) is 54.9 Å². The first-order chi connectivity index (χ1) is 27.9. The Morgan fingerprint density at radius 1 is 0.724 bits per heavy atom. The van der Waals surface area contributed by atoms with Gasteiger partial charge < -0.3 is 39.9 Å². The van der Waals surface area contributed by atoms with Gasteiger partial charge in [-0.15, -0.1) is 0 Å². The van der Waals surface area contributed by atoms with Crippen LogP contribution in [-0.4, -0.2) is 93.1 Å². The number of nitrogens with zero attached hydrogens (tertiary/aromatic N) is 5. The van der Waals surface area contributed by atoms with E-state index < -0.39 is 24.3 Å². The molecule has 2 aromatic heterocycles. The van der Waals surface area contributed by atoms with Gasteiger partial charge in [-0.2, -0.15) is 5.26 Å². The minimum Gasteiger partial charge on any atom is -0.453 e. The first kappa shape index (κ1) is 41.0. The average Bonchev–Trinajstić information content (AvgIpc) is 4.07. The van der Waals surface area contributed by atoms with E-state index >= 15 is 0 Å². The summed E-state index contributed by atoms with van der Waals surface area (Å²) in [6, 6.07) is 13.5. The van der Waals surface area contributed by atoms with E-state index in [1.54, 1.807) is 28.3 Å². The number of nitriles is 1. The summed E-state index contributed by atoms with van der Waals surface area (Å²) in [6.45, 7) is 8.63. The number of imidazole rings is 2. The van der Waals surface area contributed by atoms with Gasteiger partial charge >= 0.3 is 12.2 Å². The molecule has 6 rings (SSSR count). The van der Waals surface area contributed by atoms with Crippen molar-refractivity contribution in [1.82, 2.24) is 40.4 Å². The second-order valence-corrected chi connectivity index (χ2v) is 15.2. The Labute approximate surface area is 337 Å². The molecule has 4 N–H and O–H groups in total. The predicted molar refractivity (Wildman–Crippen MR) is 214 cm³/mol. The van der Waals surface area contributed by atoms with E-state index in [4.69, 9.17) is 9.47 Å². The van der Waals surface area contributed by atoms with E-state index in [1.165, 1.54) is 14.2 Å². The molecule has 4 aromatic rings. The summed E-state index contributed by atoms with van der Waals surface area (Å²) in [7, 11) is 2.55. The lowest BCUT2D eigenvalue weighted by molar-refractivity contribution is -0.136. The number of rotatable bonds is 10. The van der Waals surface area contributed by atoms with Gasteiger partial charge in [-0.1, -0.05) is 57.7 Å². The second kappa shape index (κ2) is 18.1. The second-order valence-electron chi connectivity index (χ2n) is 15.2. The molecule has 4 amide bonds. The van der Waals surface area contributed by atoms with Crippen molar-refractivity contribution in [2.75, 3.05) is 27.3 Å². The van der Waals surface area contributed by atoms with Gasteiger partial charge in [0, 0.05) is 29.8 Å². The highest BCUT2D eigenvalue weighted by Gasteiger charge is 2.39. The van der Waals surface area contributed by atoms with Crippen LogP contribution in [-0.2, 0) is 19.1 Å². The Kier molecular flexibility index (Phi) is 12.8. The molecule has 2 saturated heterocycles. The lowest BCUT2D eigenvalue weighted by Gasteiger charge is -2.30. The number of H-pyrrole nitrogens is 2. The maximum absolute atomic E-state index is 13.5. The Hall–Kier alpha value is -6.61. The predicted octanol–water partition coefficient (Wildman–Crippen LogP) is 5.83. The number of methoxy groups -OCH3 is 2. The highest BCUT2D eigenvalue weighted by atomic mass is 16.5. The van der Waals surface area contributed by atoms with Crippen molar-refractivity contribution in [2.24, 2.45) is 11.8 Å². The van der Waals surface area contributed by atoms with E-state index in [1.807, 2.05) is 64.1 Å². The minimum absolute atomic E-state index is 0.124. The Morgan fingerprint density at radius 3 is 1.67 bits per heavy atom. The fourth-order valence-corrected chi connectivity index (χ4v) is 7.48. The maximum Gasteiger partial charge on any atom is 0.407 e. The summed E-state index contributed by atoms with van der Waals surface area (Å²) in [5.74, 6) is 7.02. The third-order valence-electron chi connectivity index (χ3n) is 10.7. The number of likely N-dealkylation sites (tertiary alicyclic amines) is 2. The number of alkyl carbamates (subject to hydrolysis) is 2. The van der Waals surface area contributed by atoms with Crippen molar-refractivity contribution in [3.63, 3.8) is 0 Å². The van der Waals surface area contributed by atoms with E-state index in [9.17, 15) is 24.4 Å². The molecule has 0 unspecified atom stereocenters. The van der Waals surface area contributed by atoms with Gasteiger partial charge in [0.2, 0.25) is 11.8 Å². The molecule has 58 heavy (non-hydrogen) atoms. The summed E-state index contributed by atoms with van der Waals surface area (Å²) in [4.78, 5) is 70.5. The topological polar surface area (TPSA) is 198 Å². The molecule has 4 heterocycles. The quantitative estimate of drug-likeness (QED) is 0.143. The van der Waals surface area contributed by atoms with Gasteiger partial charge in [-0.25, -0.2) is 19.6 Å². The molecule has 2 aliphatic heterocycles. The average molecular weight is 788 g/mol. The normalized spacial score (nSPS) is 17.3. The number of carbonyl (C=O) groups excluding carboxylic acids is 4. The fraction of sp³-hybridized carbons (Fsp3) is 0.419. The van der Waals surface area contributed by atoms with Gasteiger partial charge in [-0.3, -0.25) is 9.59 Å². The van der Waals surface area contributed by atoms with Gasteiger partial charge in [0.15, 0.2) is 0 Å². The number of carbonyl (C=O) groups is 4. The Balaban J connectivity index is 1.12. The largest absolute Gasteiger partial charge is 0.453 e. The van der Waals surface area contributed by atoms with Crippen molar-refractivity contribution in [1.29, 1.82) is 5.26 Å². The van der Waals surface area contributed by atoms with Crippen LogP contribution in [0.2, 0.25) is 0 Å². The minimum atomic E-state index is -0.728. The monoisotopic (exact) mass is 787 g/mol. The highest BCUT2D eigenvalue weighted by Crippen LogP contribution is 2.34. The van der Waals surface area contributed by atoms with Crippen LogP contribution in [0.1, 0.15) is 93.8 Å². The lowest BCUT2D eigenvalue weighted by Crippen LogP contribution is -2.51. The first-order valence-electron chi connectivity index (χ1n) is 19.5. The number of ether oxygens (including phenoxy) is 2. The van der Waals surface area contributed by atoms with Crippen molar-refractivity contribution in [3.8, 4) is 40.4 Å². The Bertz CT molecular complexity index is 2240. The van der Waals surface area contributed by atoms with Gasteiger partial charge in [0.1, 0.15) is 29.8 Å². The number of aromatic amines is 2.